The summed E-state index contributed by atoms with van der Waals surface area (Å²) >= 11 is 6.84. The van der Waals surface area contributed by atoms with Gasteiger partial charge < -0.3 is 15.7 Å². The first kappa shape index (κ1) is 15.2. The van der Waals surface area contributed by atoms with Gasteiger partial charge in [-0.1, -0.05) is 12.2 Å². The molecule has 98 valence electrons. The third-order valence-corrected chi connectivity index (χ3v) is 3.44. The van der Waals surface area contributed by atoms with Crippen molar-refractivity contribution in [3.8, 4) is 5.75 Å². The quantitative estimate of drug-likeness (QED) is 0.623. The standard InChI is InChI=1S/C12H15IN2O2S/c1-7(2)15(6-11(14)18)12(17)8-3-4-9(13)10(16)5-8/h3-5,7,16H,6H2,1-2H3,(H2,14,18). The number of benzene rings is 1. The Labute approximate surface area is 125 Å². The summed E-state index contributed by atoms with van der Waals surface area (Å²) in [5, 5.41) is 9.62. The zero-order valence-electron chi connectivity index (χ0n) is 10.2. The van der Waals surface area contributed by atoms with Crippen molar-refractivity contribution in [1.82, 2.24) is 4.90 Å². The van der Waals surface area contributed by atoms with Crippen LogP contribution in [0.15, 0.2) is 18.2 Å². The van der Waals surface area contributed by atoms with Crippen molar-refractivity contribution >= 4 is 45.7 Å². The molecule has 0 fully saturated rings. The summed E-state index contributed by atoms with van der Waals surface area (Å²) in [5.41, 5.74) is 5.92. The number of nitrogens with two attached hydrogens (primary N) is 1. The summed E-state index contributed by atoms with van der Waals surface area (Å²) in [6, 6.07) is 4.82. The monoisotopic (exact) mass is 378 g/mol. The second-order valence-corrected chi connectivity index (χ2v) is 5.85. The van der Waals surface area contributed by atoms with Gasteiger partial charge in [0.15, 0.2) is 0 Å². The molecular weight excluding hydrogens is 363 g/mol. The van der Waals surface area contributed by atoms with Crippen molar-refractivity contribution < 1.29 is 9.90 Å². The molecule has 0 aliphatic carbocycles. The Morgan fingerprint density at radius 3 is 2.61 bits per heavy atom. The first-order valence-corrected chi connectivity index (χ1v) is 6.89. The second kappa shape index (κ2) is 6.33. The lowest BCUT2D eigenvalue weighted by molar-refractivity contribution is 0.0735. The number of nitrogens with zero attached hydrogens (tertiary/aromatic N) is 1. The minimum absolute atomic E-state index is 0.0135. The molecule has 0 aliphatic rings. The van der Waals surface area contributed by atoms with Gasteiger partial charge >= 0.3 is 0 Å². The highest BCUT2D eigenvalue weighted by Crippen LogP contribution is 2.21. The molecular formula is C12H15IN2O2S. The fourth-order valence-corrected chi connectivity index (χ4v) is 1.94. The van der Waals surface area contributed by atoms with Crippen LogP contribution in [0.3, 0.4) is 0 Å². The number of aromatic hydroxyl groups is 1. The van der Waals surface area contributed by atoms with Gasteiger partial charge in [-0.15, -0.1) is 0 Å². The van der Waals surface area contributed by atoms with Gasteiger partial charge in [0.05, 0.1) is 15.1 Å². The molecule has 6 heteroatoms. The van der Waals surface area contributed by atoms with Crippen LogP contribution in [0.25, 0.3) is 0 Å². The van der Waals surface area contributed by atoms with E-state index in [1.807, 2.05) is 36.4 Å². The Morgan fingerprint density at radius 1 is 1.56 bits per heavy atom. The van der Waals surface area contributed by atoms with E-state index in [0.29, 0.717) is 9.13 Å². The average Bonchev–Trinajstić information content (AvgIpc) is 2.28. The van der Waals surface area contributed by atoms with Crippen LogP contribution < -0.4 is 5.73 Å². The maximum Gasteiger partial charge on any atom is 0.254 e. The number of thiocarbonyl (C=S) groups is 1. The normalized spacial score (nSPS) is 10.4. The molecule has 18 heavy (non-hydrogen) atoms. The predicted molar refractivity (Wildman–Crippen MR) is 83.8 cm³/mol. The van der Waals surface area contributed by atoms with E-state index in [2.05, 4.69) is 0 Å². The van der Waals surface area contributed by atoms with E-state index in [9.17, 15) is 9.90 Å². The van der Waals surface area contributed by atoms with Gasteiger partial charge in [-0.25, -0.2) is 0 Å². The molecule has 0 saturated heterocycles. The largest absolute Gasteiger partial charge is 0.507 e. The number of halogens is 1. The molecule has 0 radical (unpaired) electrons. The van der Waals surface area contributed by atoms with Crippen molar-refractivity contribution in [2.24, 2.45) is 5.73 Å². The van der Waals surface area contributed by atoms with Crippen LogP contribution in [-0.2, 0) is 0 Å². The maximum atomic E-state index is 12.3. The molecule has 0 aromatic heterocycles. The Hall–Kier alpha value is -0.890. The van der Waals surface area contributed by atoms with Crippen LogP contribution in [0.5, 0.6) is 5.75 Å². The van der Waals surface area contributed by atoms with Crippen molar-refractivity contribution in [3.63, 3.8) is 0 Å². The van der Waals surface area contributed by atoms with Gasteiger partial charge in [0.2, 0.25) is 0 Å². The molecule has 0 bridgehead atoms. The predicted octanol–water partition coefficient (Wildman–Crippen LogP) is 2.13. The van der Waals surface area contributed by atoms with Crippen LogP contribution in [0.2, 0.25) is 0 Å². The minimum atomic E-state index is -0.190. The number of phenolic OH excluding ortho intramolecular Hbond substituents is 1. The topological polar surface area (TPSA) is 66.6 Å². The smallest absolute Gasteiger partial charge is 0.254 e. The van der Waals surface area contributed by atoms with Gasteiger partial charge in [0, 0.05) is 11.6 Å². The number of amides is 1. The first-order chi connectivity index (χ1) is 8.32. The molecule has 0 unspecified atom stereocenters. The SMILES string of the molecule is CC(C)N(CC(N)=S)C(=O)c1ccc(I)c(O)c1. The maximum absolute atomic E-state index is 12.3. The molecule has 0 heterocycles. The van der Waals surface area contributed by atoms with E-state index in [4.69, 9.17) is 18.0 Å². The van der Waals surface area contributed by atoms with Gasteiger partial charge in [-0.2, -0.15) is 0 Å². The van der Waals surface area contributed by atoms with Gasteiger partial charge in [-0.05, 0) is 54.6 Å². The van der Waals surface area contributed by atoms with Crippen LogP contribution in [0.4, 0.5) is 0 Å². The number of hydrogen-bond donors (Lipinski definition) is 2. The molecule has 4 nitrogen and oxygen atoms in total. The Morgan fingerprint density at radius 2 is 2.17 bits per heavy atom. The lowest BCUT2D eigenvalue weighted by Gasteiger charge is -2.26. The van der Waals surface area contributed by atoms with E-state index >= 15 is 0 Å². The summed E-state index contributed by atoms with van der Waals surface area (Å²) in [7, 11) is 0. The summed E-state index contributed by atoms with van der Waals surface area (Å²) < 4.78 is 0.703. The number of carbonyl (C=O) groups excluding carboxylic acids is 1. The second-order valence-electron chi connectivity index (χ2n) is 4.16. The molecule has 0 saturated carbocycles. The lowest BCUT2D eigenvalue weighted by Crippen LogP contribution is -2.42. The number of phenols is 1. The fourth-order valence-electron chi connectivity index (χ4n) is 1.47. The van der Waals surface area contributed by atoms with Crippen molar-refractivity contribution in [2.75, 3.05) is 6.54 Å². The molecule has 1 aromatic carbocycles. The minimum Gasteiger partial charge on any atom is -0.507 e. The first-order valence-electron chi connectivity index (χ1n) is 5.40. The molecule has 1 amide bonds. The molecule has 0 spiro atoms. The molecule has 3 N–H and O–H groups in total. The molecule has 1 aromatic rings. The lowest BCUT2D eigenvalue weighted by atomic mass is 10.1. The highest BCUT2D eigenvalue weighted by molar-refractivity contribution is 14.1. The van der Waals surface area contributed by atoms with Crippen LogP contribution in [-0.4, -0.2) is 33.5 Å². The Kier molecular flexibility index (Phi) is 5.33. The van der Waals surface area contributed by atoms with Crippen LogP contribution >= 0.6 is 34.8 Å². The summed E-state index contributed by atoms with van der Waals surface area (Å²) in [4.78, 5) is 14.1. The average molecular weight is 378 g/mol. The van der Waals surface area contributed by atoms with Crippen molar-refractivity contribution in [1.29, 1.82) is 0 Å². The summed E-state index contributed by atoms with van der Waals surface area (Å²) in [6.45, 7) is 4.02. The summed E-state index contributed by atoms with van der Waals surface area (Å²) in [6.07, 6.45) is 0. The number of hydrogen-bond acceptors (Lipinski definition) is 3. The van der Waals surface area contributed by atoms with Gasteiger partial charge in [0.25, 0.3) is 5.91 Å². The number of rotatable bonds is 4. The highest BCUT2D eigenvalue weighted by atomic mass is 127. The third kappa shape index (κ3) is 3.81. The van der Waals surface area contributed by atoms with E-state index in [-0.39, 0.29) is 29.2 Å². The van der Waals surface area contributed by atoms with E-state index < -0.39 is 0 Å². The van der Waals surface area contributed by atoms with E-state index in [0.717, 1.165) is 0 Å². The molecule has 1 rings (SSSR count). The molecule has 0 atom stereocenters. The summed E-state index contributed by atoms with van der Waals surface area (Å²) in [5.74, 6) is -0.0926. The van der Waals surface area contributed by atoms with E-state index in [1.165, 1.54) is 6.07 Å². The van der Waals surface area contributed by atoms with Crippen molar-refractivity contribution in [2.45, 2.75) is 19.9 Å². The number of carbonyl (C=O) groups is 1. The van der Waals surface area contributed by atoms with Crippen molar-refractivity contribution in [3.05, 3.63) is 27.3 Å². The highest BCUT2D eigenvalue weighted by Gasteiger charge is 2.20. The molecule has 0 aliphatic heterocycles. The third-order valence-electron chi connectivity index (χ3n) is 2.40. The Balaban J connectivity index is 3.02. The zero-order chi connectivity index (χ0) is 13.9. The van der Waals surface area contributed by atoms with E-state index in [1.54, 1.807) is 17.0 Å². The van der Waals surface area contributed by atoms with Crippen LogP contribution in [0.1, 0.15) is 24.2 Å². The van der Waals surface area contributed by atoms with Crippen LogP contribution in [0, 0.1) is 3.57 Å². The van der Waals surface area contributed by atoms with Gasteiger partial charge in [-0.3, -0.25) is 4.79 Å². The zero-order valence-corrected chi connectivity index (χ0v) is 13.2. The van der Waals surface area contributed by atoms with Gasteiger partial charge in [0.1, 0.15) is 5.75 Å². The Bertz CT molecular complexity index is 477. The fraction of sp³-hybridized carbons (Fsp3) is 0.333.